The van der Waals surface area contributed by atoms with Crippen molar-refractivity contribution in [2.75, 3.05) is 0 Å². The number of carbonyl (C=O) groups excluding carboxylic acids is 1. The molecule has 2 N–H and O–H groups in total. The minimum atomic E-state index is -1.16. The molecule has 1 aromatic rings. The molecule has 1 amide bonds. The molecule has 98 valence electrons. The zero-order valence-electron chi connectivity index (χ0n) is 10.6. The van der Waals surface area contributed by atoms with E-state index in [1.54, 1.807) is 13.8 Å². The quantitative estimate of drug-likeness (QED) is 0.763. The second kappa shape index (κ2) is 4.99. The number of hydrogen-bond acceptors (Lipinski definition) is 4. The van der Waals surface area contributed by atoms with Crippen LogP contribution in [0.5, 0.6) is 0 Å². The van der Waals surface area contributed by atoms with E-state index in [1.807, 2.05) is 0 Å². The Kier molecular flexibility index (Phi) is 3.85. The zero-order chi connectivity index (χ0) is 14.0. The molecule has 0 aliphatic rings. The lowest BCUT2D eigenvalue weighted by Crippen LogP contribution is -2.42. The van der Waals surface area contributed by atoms with Gasteiger partial charge in [0.05, 0.1) is 5.69 Å². The average molecular weight is 253 g/mol. The smallest absolute Gasteiger partial charge is 0.325 e. The molecule has 0 unspecified atom stereocenters. The molecule has 1 rings (SSSR count). The molecule has 7 nitrogen and oxygen atoms in total. The fourth-order valence-corrected chi connectivity index (χ4v) is 1.45. The Labute approximate surface area is 103 Å². The molecule has 1 heterocycles. The van der Waals surface area contributed by atoms with Gasteiger partial charge >= 0.3 is 5.97 Å². The SMILES string of the molecule is Cc1nn(C)c(=O)c(C(=O)N[C@@H](C)C(=O)O)c1C. The second-order valence-corrected chi connectivity index (χ2v) is 4.05. The molecule has 0 aliphatic heterocycles. The normalized spacial score (nSPS) is 12.0. The summed E-state index contributed by atoms with van der Waals surface area (Å²) in [6, 6.07) is -1.06. The molecular weight excluding hydrogens is 238 g/mol. The van der Waals surface area contributed by atoms with Crippen LogP contribution in [0.1, 0.15) is 28.5 Å². The predicted octanol–water partition coefficient (Wildman–Crippen LogP) is -0.400. The van der Waals surface area contributed by atoms with Crippen molar-refractivity contribution in [3.8, 4) is 0 Å². The summed E-state index contributed by atoms with van der Waals surface area (Å²) < 4.78 is 1.06. The first-order valence-corrected chi connectivity index (χ1v) is 5.34. The van der Waals surface area contributed by atoms with Gasteiger partial charge < -0.3 is 10.4 Å². The Morgan fingerprint density at radius 1 is 1.39 bits per heavy atom. The highest BCUT2D eigenvalue weighted by atomic mass is 16.4. The van der Waals surface area contributed by atoms with E-state index >= 15 is 0 Å². The maximum absolute atomic E-state index is 11.9. The Morgan fingerprint density at radius 2 is 1.94 bits per heavy atom. The highest BCUT2D eigenvalue weighted by molar-refractivity contribution is 5.97. The largest absolute Gasteiger partial charge is 0.480 e. The van der Waals surface area contributed by atoms with Gasteiger partial charge in [-0.15, -0.1) is 0 Å². The van der Waals surface area contributed by atoms with E-state index in [1.165, 1.54) is 14.0 Å². The lowest BCUT2D eigenvalue weighted by atomic mass is 10.1. The molecule has 7 heteroatoms. The van der Waals surface area contributed by atoms with Crippen molar-refractivity contribution < 1.29 is 14.7 Å². The number of nitrogens with one attached hydrogen (secondary N) is 1. The molecule has 0 aliphatic carbocycles. The third-order valence-electron chi connectivity index (χ3n) is 2.67. The summed E-state index contributed by atoms with van der Waals surface area (Å²) in [5.74, 6) is -1.86. The van der Waals surface area contributed by atoms with Crippen molar-refractivity contribution in [3.05, 3.63) is 27.2 Å². The zero-order valence-corrected chi connectivity index (χ0v) is 10.6. The summed E-state index contributed by atoms with van der Waals surface area (Å²) in [4.78, 5) is 34.4. The number of amides is 1. The number of aryl methyl sites for hydroxylation is 2. The summed E-state index contributed by atoms with van der Waals surface area (Å²) in [6.07, 6.45) is 0. The molecule has 0 saturated carbocycles. The Hall–Kier alpha value is -2.18. The van der Waals surface area contributed by atoms with Gasteiger partial charge in [-0.25, -0.2) is 4.68 Å². The van der Waals surface area contributed by atoms with Gasteiger partial charge in [-0.3, -0.25) is 14.4 Å². The van der Waals surface area contributed by atoms with Crippen molar-refractivity contribution in [1.29, 1.82) is 0 Å². The van der Waals surface area contributed by atoms with Gasteiger partial charge in [0.2, 0.25) is 0 Å². The van der Waals surface area contributed by atoms with Gasteiger partial charge in [-0.1, -0.05) is 0 Å². The van der Waals surface area contributed by atoms with Crippen LogP contribution >= 0.6 is 0 Å². The van der Waals surface area contributed by atoms with Crippen molar-refractivity contribution >= 4 is 11.9 Å². The third kappa shape index (κ3) is 2.55. The maximum Gasteiger partial charge on any atom is 0.325 e. The van der Waals surface area contributed by atoms with Crippen LogP contribution in [0.15, 0.2) is 4.79 Å². The van der Waals surface area contributed by atoms with Crippen molar-refractivity contribution in [3.63, 3.8) is 0 Å². The molecule has 0 saturated heterocycles. The first-order chi connectivity index (χ1) is 8.25. The molecule has 18 heavy (non-hydrogen) atoms. The second-order valence-electron chi connectivity index (χ2n) is 4.05. The monoisotopic (exact) mass is 253 g/mol. The van der Waals surface area contributed by atoms with Gasteiger partial charge in [0.25, 0.3) is 11.5 Å². The lowest BCUT2D eigenvalue weighted by Gasteiger charge is -2.12. The minimum absolute atomic E-state index is 0.0712. The molecule has 0 aromatic carbocycles. The van der Waals surface area contributed by atoms with Crippen LogP contribution in [0.4, 0.5) is 0 Å². The van der Waals surface area contributed by atoms with Crippen LogP contribution in [0.2, 0.25) is 0 Å². The molecule has 1 aromatic heterocycles. The highest BCUT2D eigenvalue weighted by Crippen LogP contribution is 2.06. The summed E-state index contributed by atoms with van der Waals surface area (Å²) in [6.45, 7) is 4.60. The number of aliphatic carboxylic acids is 1. The Morgan fingerprint density at radius 3 is 2.44 bits per heavy atom. The van der Waals surface area contributed by atoms with E-state index in [-0.39, 0.29) is 5.56 Å². The van der Waals surface area contributed by atoms with Gasteiger partial charge in [0, 0.05) is 7.05 Å². The van der Waals surface area contributed by atoms with Gasteiger partial charge in [0.1, 0.15) is 11.6 Å². The highest BCUT2D eigenvalue weighted by Gasteiger charge is 2.21. The van der Waals surface area contributed by atoms with E-state index < -0.39 is 23.5 Å². The van der Waals surface area contributed by atoms with Crippen LogP contribution in [0.3, 0.4) is 0 Å². The number of carbonyl (C=O) groups is 2. The van der Waals surface area contributed by atoms with E-state index in [2.05, 4.69) is 10.4 Å². The standard InChI is InChI=1S/C11H15N3O4/c1-5-6(2)13-14(4)10(16)8(5)9(15)12-7(3)11(17)18/h7H,1-4H3,(H,12,15)(H,17,18)/t7-/m0/s1. The summed E-state index contributed by atoms with van der Waals surface area (Å²) >= 11 is 0. The van der Waals surface area contributed by atoms with E-state index in [0.717, 1.165) is 4.68 Å². The number of nitrogens with zero attached hydrogens (tertiary/aromatic N) is 2. The van der Waals surface area contributed by atoms with E-state index in [9.17, 15) is 14.4 Å². The lowest BCUT2D eigenvalue weighted by molar-refractivity contribution is -0.138. The van der Waals surface area contributed by atoms with Gasteiger partial charge in [0.15, 0.2) is 0 Å². The van der Waals surface area contributed by atoms with E-state index in [4.69, 9.17) is 5.11 Å². The number of carboxylic acids is 1. The first-order valence-electron chi connectivity index (χ1n) is 5.34. The topological polar surface area (TPSA) is 101 Å². The summed E-state index contributed by atoms with van der Waals surface area (Å²) in [5.41, 5.74) is 0.379. The van der Waals surface area contributed by atoms with Crippen LogP contribution < -0.4 is 10.9 Å². The van der Waals surface area contributed by atoms with E-state index in [0.29, 0.717) is 11.3 Å². The van der Waals surface area contributed by atoms with Crippen molar-refractivity contribution in [1.82, 2.24) is 15.1 Å². The number of hydrogen-bond donors (Lipinski definition) is 2. The summed E-state index contributed by atoms with van der Waals surface area (Å²) in [5, 5.41) is 14.9. The van der Waals surface area contributed by atoms with Crippen LogP contribution in [-0.2, 0) is 11.8 Å². The Balaban J connectivity index is 3.22. The fraction of sp³-hybridized carbons (Fsp3) is 0.455. The molecule has 1 atom stereocenters. The third-order valence-corrected chi connectivity index (χ3v) is 2.67. The number of rotatable bonds is 3. The fourth-order valence-electron chi connectivity index (χ4n) is 1.45. The van der Waals surface area contributed by atoms with Crippen molar-refractivity contribution in [2.45, 2.75) is 26.8 Å². The van der Waals surface area contributed by atoms with Crippen LogP contribution in [-0.4, -0.2) is 32.8 Å². The van der Waals surface area contributed by atoms with Crippen LogP contribution in [0, 0.1) is 13.8 Å². The van der Waals surface area contributed by atoms with Crippen molar-refractivity contribution in [2.24, 2.45) is 7.05 Å². The average Bonchev–Trinajstić information content (AvgIpc) is 2.26. The van der Waals surface area contributed by atoms with Crippen LogP contribution in [0.25, 0.3) is 0 Å². The Bertz CT molecular complexity index is 562. The molecule has 0 radical (unpaired) electrons. The summed E-state index contributed by atoms with van der Waals surface area (Å²) in [7, 11) is 1.44. The predicted molar refractivity (Wildman–Crippen MR) is 63.5 cm³/mol. The maximum atomic E-state index is 11.9. The number of aromatic nitrogens is 2. The van der Waals surface area contributed by atoms with Gasteiger partial charge in [-0.05, 0) is 26.3 Å². The number of carboxylic acid groups (broad SMARTS) is 1. The molecule has 0 spiro atoms. The van der Waals surface area contributed by atoms with Gasteiger partial charge in [-0.2, -0.15) is 5.10 Å². The molecular formula is C11H15N3O4. The minimum Gasteiger partial charge on any atom is -0.480 e. The molecule has 0 bridgehead atoms. The first kappa shape index (κ1) is 13.9. The molecule has 0 fully saturated rings.